The molecule has 5 heteroatoms. The monoisotopic (exact) mass is 350 g/mol. The van der Waals surface area contributed by atoms with E-state index >= 15 is 0 Å². The Labute approximate surface area is 153 Å². The Hall–Kier alpha value is -2.82. The molecule has 0 aliphatic carbocycles. The molecule has 2 aromatic rings. The van der Waals surface area contributed by atoms with Crippen molar-refractivity contribution in [2.45, 2.75) is 18.8 Å². The zero-order chi connectivity index (χ0) is 18.1. The van der Waals surface area contributed by atoms with E-state index in [0.717, 1.165) is 29.8 Å². The van der Waals surface area contributed by atoms with Gasteiger partial charge in [0.2, 0.25) is 5.91 Å². The van der Waals surface area contributed by atoms with Gasteiger partial charge in [-0.2, -0.15) is 0 Å². The van der Waals surface area contributed by atoms with Crippen LogP contribution in [-0.4, -0.2) is 36.9 Å². The van der Waals surface area contributed by atoms with E-state index in [1.165, 1.54) is 0 Å². The van der Waals surface area contributed by atoms with E-state index in [9.17, 15) is 9.59 Å². The lowest BCUT2D eigenvalue weighted by Gasteiger charge is -2.34. The maximum atomic E-state index is 12.7. The summed E-state index contributed by atoms with van der Waals surface area (Å²) in [6.07, 6.45) is 1.68. The Balaban J connectivity index is 1.42. The van der Waals surface area contributed by atoms with E-state index in [4.69, 9.17) is 4.74 Å². The van der Waals surface area contributed by atoms with E-state index in [1.807, 2.05) is 29.2 Å². The van der Waals surface area contributed by atoms with E-state index in [2.05, 4.69) is 5.32 Å². The SMILES string of the molecule is COc1ccc(C(=O)N2CCC(C3C(=O)Nc4ccccc43)CC2)cc1. The second-order valence-corrected chi connectivity index (χ2v) is 6.91. The van der Waals surface area contributed by atoms with Crippen LogP contribution in [0.4, 0.5) is 5.69 Å². The average molecular weight is 350 g/mol. The number of methoxy groups -OCH3 is 1. The van der Waals surface area contributed by atoms with Gasteiger partial charge >= 0.3 is 0 Å². The summed E-state index contributed by atoms with van der Waals surface area (Å²) in [7, 11) is 1.61. The first-order chi connectivity index (χ1) is 12.7. The first-order valence-electron chi connectivity index (χ1n) is 9.00. The highest BCUT2D eigenvalue weighted by molar-refractivity contribution is 6.03. The van der Waals surface area contributed by atoms with Gasteiger partial charge in [0.1, 0.15) is 5.75 Å². The summed E-state index contributed by atoms with van der Waals surface area (Å²) in [5.74, 6) is 1.06. The minimum absolute atomic E-state index is 0.0439. The third-order valence-corrected chi connectivity index (χ3v) is 5.47. The smallest absolute Gasteiger partial charge is 0.253 e. The molecule has 0 bridgehead atoms. The standard InChI is InChI=1S/C21H22N2O3/c1-26-16-8-6-15(7-9-16)21(25)23-12-10-14(11-13-23)19-17-4-2-3-5-18(17)22-20(19)24/h2-9,14,19H,10-13H2,1H3,(H,22,24). The maximum Gasteiger partial charge on any atom is 0.253 e. The highest BCUT2D eigenvalue weighted by Gasteiger charge is 2.38. The van der Waals surface area contributed by atoms with Gasteiger partial charge in [-0.3, -0.25) is 9.59 Å². The zero-order valence-corrected chi connectivity index (χ0v) is 14.8. The number of nitrogens with zero attached hydrogens (tertiary/aromatic N) is 1. The Kier molecular flexibility index (Phi) is 4.37. The molecule has 0 spiro atoms. The fraction of sp³-hybridized carbons (Fsp3) is 0.333. The highest BCUT2D eigenvalue weighted by Crippen LogP contribution is 2.41. The van der Waals surface area contributed by atoms with Crippen LogP contribution in [-0.2, 0) is 4.79 Å². The van der Waals surface area contributed by atoms with E-state index in [1.54, 1.807) is 31.4 Å². The third kappa shape index (κ3) is 2.94. The molecule has 26 heavy (non-hydrogen) atoms. The lowest BCUT2D eigenvalue weighted by Crippen LogP contribution is -2.40. The quantitative estimate of drug-likeness (QED) is 0.924. The maximum absolute atomic E-state index is 12.7. The van der Waals surface area contributed by atoms with Crippen molar-refractivity contribution in [2.75, 3.05) is 25.5 Å². The van der Waals surface area contributed by atoms with Crippen LogP contribution in [0.25, 0.3) is 0 Å². The van der Waals surface area contributed by atoms with E-state index in [0.29, 0.717) is 18.7 Å². The van der Waals surface area contributed by atoms with Gasteiger partial charge in [-0.15, -0.1) is 0 Å². The van der Waals surface area contributed by atoms with Crippen LogP contribution in [0.5, 0.6) is 5.75 Å². The lowest BCUT2D eigenvalue weighted by atomic mass is 9.80. The van der Waals surface area contributed by atoms with E-state index < -0.39 is 0 Å². The fourth-order valence-electron chi connectivity index (χ4n) is 4.05. The van der Waals surface area contributed by atoms with Crippen molar-refractivity contribution in [3.63, 3.8) is 0 Å². The van der Waals surface area contributed by atoms with Crippen molar-refractivity contribution in [3.05, 3.63) is 59.7 Å². The molecular formula is C21H22N2O3. The second kappa shape index (κ2) is 6.83. The normalized spacial score (nSPS) is 19.8. The highest BCUT2D eigenvalue weighted by atomic mass is 16.5. The summed E-state index contributed by atoms with van der Waals surface area (Å²) in [5, 5.41) is 2.98. The number of carbonyl (C=O) groups excluding carboxylic acids is 2. The molecule has 0 saturated carbocycles. The topological polar surface area (TPSA) is 58.6 Å². The molecule has 5 nitrogen and oxygen atoms in total. The van der Waals surface area contributed by atoms with Crippen LogP contribution in [0.2, 0.25) is 0 Å². The van der Waals surface area contributed by atoms with Crippen molar-refractivity contribution in [1.82, 2.24) is 4.90 Å². The molecule has 0 aromatic heterocycles. The number of amides is 2. The van der Waals surface area contributed by atoms with Gasteiger partial charge < -0.3 is 15.0 Å². The Morgan fingerprint density at radius 2 is 1.77 bits per heavy atom. The summed E-state index contributed by atoms with van der Waals surface area (Å²) in [6, 6.07) is 15.1. The largest absolute Gasteiger partial charge is 0.497 e. The summed E-state index contributed by atoms with van der Waals surface area (Å²) < 4.78 is 5.14. The third-order valence-electron chi connectivity index (χ3n) is 5.47. The van der Waals surface area contributed by atoms with Crippen LogP contribution in [0.1, 0.15) is 34.7 Å². The first kappa shape index (κ1) is 16.6. The van der Waals surface area contributed by atoms with Crippen LogP contribution in [0.15, 0.2) is 48.5 Å². The molecule has 2 heterocycles. The minimum atomic E-state index is -0.0931. The Morgan fingerprint density at radius 1 is 1.08 bits per heavy atom. The molecule has 0 radical (unpaired) electrons. The summed E-state index contributed by atoms with van der Waals surface area (Å²) in [6.45, 7) is 1.36. The number of para-hydroxylation sites is 1. The lowest BCUT2D eigenvalue weighted by molar-refractivity contribution is -0.118. The van der Waals surface area contributed by atoms with E-state index in [-0.39, 0.29) is 23.7 Å². The number of piperidine rings is 1. The average Bonchev–Trinajstić information content (AvgIpc) is 3.03. The molecule has 2 aliphatic rings. The molecule has 1 saturated heterocycles. The summed E-state index contributed by atoms with van der Waals surface area (Å²) in [5.41, 5.74) is 2.70. The predicted octanol–water partition coefficient (Wildman–Crippen LogP) is 3.28. The molecule has 134 valence electrons. The number of fused-ring (bicyclic) bond motifs is 1. The number of benzene rings is 2. The summed E-state index contributed by atoms with van der Waals surface area (Å²) in [4.78, 5) is 27.0. The number of hydrogen-bond acceptors (Lipinski definition) is 3. The molecule has 2 aliphatic heterocycles. The van der Waals surface area contributed by atoms with Gasteiger partial charge in [0.25, 0.3) is 5.91 Å². The summed E-state index contributed by atoms with van der Waals surface area (Å²) >= 11 is 0. The molecule has 1 unspecified atom stereocenters. The van der Waals surface area contributed by atoms with Crippen molar-refractivity contribution < 1.29 is 14.3 Å². The van der Waals surface area contributed by atoms with Crippen LogP contribution >= 0.6 is 0 Å². The number of carbonyl (C=O) groups is 2. The molecule has 1 fully saturated rings. The van der Waals surface area contributed by atoms with Gasteiger partial charge in [-0.25, -0.2) is 0 Å². The van der Waals surface area contributed by atoms with Crippen molar-refractivity contribution in [2.24, 2.45) is 5.92 Å². The number of likely N-dealkylation sites (tertiary alicyclic amines) is 1. The number of anilines is 1. The van der Waals surface area contributed by atoms with Crippen molar-refractivity contribution in [3.8, 4) is 5.75 Å². The van der Waals surface area contributed by atoms with Gasteiger partial charge in [0.05, 0.1) is 13.0 Å². The Bertz CT molecular complexity index is 823. The number of hydrogen-bond donors (Lipinski definition) is 1. The molecule has 1 atom stereocenters. The zero-order valence-electron chi connectivity index (χ0n) is 14.8. The number of nitrogens with one attached hydrogen (secondary N) is 1. The number of rotatable bonds is 3. The van der Waals surface area contributed by atoms with Gasteiger partial charge in [0.15, 0.2) is 0 Å². The number of ether oxygens (including phenoxy) is 1. The molecule has 1 N–H and O–H groups in total. The molecule has 4 rings (SSSR count). The first-order valence-corrected chi connectivity index (χ1v) is 9.00. The molecular weight excluding hydrogens is 328 g/mol. The Morgan fingerprint density at radius 3 is 2.46 bits per heavy atom. The van der Waals surface area contributed by atoms with Crippen molar-refractivity contribution >= 4 is 17.5 Å². The van der Waals surface area contributed by atoms with Crippen LogP contribution in [0.3, 0.4) is 0 Å². The minimum Gasteiger partial charge on any atom is -0.497 e. The van der Waals surface area contributed by atoms with Gasteiger partial charge in [-0.05, 0) is 54.7 Å². The van der Waals surface area contributed by atoms with Gasteiger partial charge in [-0.1, -0.05) is 18.2 Å². The van der Waals surface area contributed by atoms with Crippen molar-refractivity contribution in [1.29, 1.82) is 0 Å². The predicted molar refractivity (Wildman–Crippen MR) is 99.4 cm³/mol. The fourth-order valence-corrected chi connectivity index (χ4v) is 4.05. The van der Waals surface area contributed by atoms with Crippen LogP contribution < -0.4 is 10.1 Å². The second-order valence-electron chi connectivity index (χ2n) is 6.91. The van der Waals surface area contributed by atoms with Gasteiger partial charge in [0, 0.05) is 24.3 Å². The molecule has 2 aromatic carbocycles. The van der Waals surface area contributed by atoms with Crippen LogP contribution in [0, 0.1) is 5.92 Å². The molecule has 2 amide bonds.